The first-order chi connectivity index (χ1) is 13.4. The summed E-state index contributed by atoms with van der Waals surface area (Å²) < 4.78 is 17.2. The molecular formula is C24H34O4. The number of carbonyl (C=O) groups is 1. The van der Waals surface area contributed by atoms with Gasteiger partial charge < -0.3 is 14.2 Å². The van der Waals surface area contributed by atoms with Gasteiger partial charge in [-0.05, 0) is 66.4 Å². The number of methoxy groups -OCH3 is 2. The lowest BCUT2D eigenvalue weighted by atomic mass is 9.48. The van der Waals surface area contributed by atoms with Crippen LogP contribution in [0.4, 0.5) is 0 Å². The molecule has 154 valence electrons. The molecule has 4 nitrogen and oxygen atoms in total. The highest BCUT2D eigenvalue weighted by molar-refractivity contribution is 5.98. The molecule has 4 heteroatoms. The maximum Gasteiger partial charge on any atom is 0.187 e. The lowest BCUT2D eigenvalue weighted by Crippen LogP contribution is -2.52. The molecule has 9 atom stereocenters. The van der Waals surface area contributed by atoms with Gasteiger partial charge in [0, 0.05) is 25.6 Å². The fourth-order valence-corrected chi connectivity index (χ4v) is 7.99. The number of carbonyl (C=O) groups excluding carboxylic acids is 1. The number of fused-ring (bicyclic) bond motifs is 7. The van der Waals surface area contributed by atoms with Crippen molar-refractivity contribution in [3.8, 4) is 0 Å². The first-order valence-electron chi connectivity index (χ1n) is 11.0. The summed E-state index contributed by atoms with van der Waals surface area (Å²) in [4.78, 5) is 12.2. The van der Waals surface area contributed by atoms with Gasteiger partial charge in [0.05, 0.1) is 0 Å². The van der Waals surface area contributed by atoms with Crippen molar-refractivity contribution in [3.05, 3.63) is 23.8 Å². The SMILES string of the molecule is COC(OC)C(C)[C@H]1CC[C@H]2[C@@H]3C=CC4=CC(=O)C5OC5[C@]4(C)[C@H]3CC[C@]12C. The zero-order valence-corrected chi connectivity index (χ0v) is 17.8. The van der Waals surface area contributed by atoms with Crippen molar-refractivity contribution in [1.82, 2.24) is 0 Å². The third-order valence-corrected chi connectivity index (χ3v) is 9.49. The Bertz CT molecular complexity index is 737. The number of rotatable bonds is 4. The zero-order valence-electron chi connectivity index (χ0n) is 17.8. The summed E-state index contributed by atoms with van der Waals surface area (Å²) in [7, 11) is 3.51. The molecule has 4 aliphatic carbocycles. The molecule has 1 aliphatic heterocycles. The molecule has 0 radical (unpaired) electrons. The summed E-state index contributed by atoms with van der Waals surface area (Å²) in [5.74, 6) is 3.04. The molecule has 0 aromatic rings. The van der Waals surface area contributed by atoms with Gasteiger partial charge >= 0.3 is 0 Å². The molecule has 5 rings (SSSR count). The molecule has 0 spiro atoms. The molecule has 2 saturated carbocycles. The van der Waals surface area contributed by atoms with E-state index in [0.717, 1.165) is 0 Å². The van der Waals surface area contributed by atoms with Gasteiger partial charge in [-0.15, -0.1) is 0 Å². The second-order valence-electron chi connectivity index (χ2n) is 10.3. The molecule has 1 heterocycles. The Morgan fingerprint density at radius 3 is 2.61 bits per heavy atom. The van der Waals surface area contributed by atoms with Gasteiger partial charge in [0.1, 0.15) is 12.2 Å². The van der Waals surface area contributed by atoms with E-state index in [2.05, 4.69) is 32.9 Å². The molecule has 3 unspecified atom stereocenters. The minimum atomic E-state index is -0.172. The topological polar surface area (TPSA) is 48.1 Å². The minimum absolute atomic E-state index is 0.00458. The molecule has 0 N–H and O–H groups in total. The molecule has 0 bridgehead atoms. The molecule has 3 fully saturated rings. The number of ketones is 1. The molecule has 28 heavy (non-hydrogen) atoms. The highest BCUT2D eigenvalue weighted by Gasteiger charge is 2.66. The quantitative estimate of drug-likeness (QED) is 0.538. The number of hydrogen-bond donors (Lipinski definition) is 0. The van der Waals surface area contributed by atoms with Crippen molar-refractivity contribution in [3.63, 3.8) is 0 Å². The van der Waals surface area contributed by atoms with E-state index in [1.54, 1.807) is 14.2 Å². The summed E-state index contributed by atoms with van der Waals surface area (Å²) in [6.07, 6.45) is 11.4. The van der Waals surface area contributed by atoms with Crippen LogP contribution in [0.2, 0.25) is 0 Å². The lowest BCUT2D eigenvalue weighted by molar-refractivity contribution is -0.159. The van der Waals surface area contributed by atoms with Crippen LogP contribution >= 0.6 is 0 Å². The molecule has 1 saturated heterocycles. The van der Waals surface area contributed by atoms with E-state index in [4.69, 9.17) is 14.2 Å². The van der Waals surface area contributed by atoms with Gasteiger partial charge in [0.15, 0.2) is 12.1 Å². The van der Waals surface area contributed by atoms with Crippen molar-refractivity contribution in [2.45, 2.75) is 65.0 Å². The van der Waals surface area contributed by atoms with Gasteiger partial charge in [-0.25, -0.2) is 0 Å². The standard InChI is InChI=1S/C24H34O4/c1-13(22(26-4)27-5)16-8-9-17-15-7-6-14-12-19(25)20-21(28-20)24(14,3)18(15)10-11-23(16,17)2/h6-7,12-13,15-18,20-22H,8-11H2,1-5H3/t13?,15-,16+,17-,18-,20?,21?,23+,24-/m0/s1. The van der Waals surface area contributed by atoms with Crippen LogP contribution in [0.25, 0.3) is 0 Å². The van der Waals surface area contributed by atoms with Crippen LogP contribution in [0.3, 0.4) is 0 Å². The number of epoxide rings is 1. The zero-order chi connectivity index (χ0) is 19.8. The first-order valence-corrected chi connectivity index (χ1v) is 11.0. The minimum Gasteiger partial charge on any atom is -0.360 e. The summed E-state index contributed by atoms with van der Waals surface area (Å²) >= 11 is 0. The van der Waals surface area contributed by atoms with Crippen molar-refractivity contribution >= 4 is 5.78 Å². The highest BCUT2D eigenvalue weighted by Crippen LogP contribution is 2.68. The normalized spacial score (nSPS) is 49.8. The Morgan fingerprint density at radius 2 is 1.89 bits per heavy atom. The van der Waals surface area contributed by atoms with Gasteiger partial charge in [0.2, 0.25) is 0 Å². The van der Waals surface area contributed by atoms with E-state index in [1.807, 2.05) is 6.08 Å². The van der Waals surface area contributed by atoms with E-state index >= 15 is 0 Å². The maximum absolute atomic E-state index is 12.2. The predicted octanol–water partition coefficient (Wildman–Crippen LogP) is 4.15. The lowest BCUT2D eigenvalue weighted by Gasteiger charge is -2.56. The van der Waals surface area contributed by atoms with Gasteiger partial charge in [0.25, 0.3) is 0 Å². The van der Waals surface area contributed by atoms with Gasteiger partial charge in [-0.1, -0.05) is 32.9 Å². The summed E-state index contributed by atoms with van der Waals surface area (Å²) in [5.41, 5.74) is 1.54. The average Bonchev–Trinajstić information content (AvgIpc) is 3.41. The molecular weight excluding hydrogens is 352 g/mol. The van der Waals surface area contributed by atoms with Crippen LogP contribution in [0, 0.1) is 40.4 Å². The Labute approximate surface area is 168 Å². The highest BCUT2D eigenvalue weighted by atomic mass is 16.7. The number of allylic oxidation sites excluding steroid dienone is 2. The van der Waals surface area contributed by atoms with Crippen molar-refractivity contribution in [2.24, 2.45) is 40.4 Å². The maximum atomic E-state index is 12.2. The Hall–Kier alpha value is -0.970. The smallest absolute Gasteiger partial charge is 0.187 e. The third-order valence-electron chi connectivity index (χ3n) is 9.49. The second kappa shape index (κ2) is 6.26. The monoisotopic (exact) mass is 386 g/mol. The van der Waals surface area contributed by atoms with Crippen LogP contribution < -0.4 is 0 Å². The average molecular weight is 387 g/mol. The van der Waals surface area contributed by atoms with E-state index in [9.17, 15) is 4.79 Å². The van der Waals surface area contributed by atoms with Crippen molar-refractivity contribution in [1.29, 1.82) is 0 Å². The summed E-state index contributed by atoms with van der Waals surface area (Å²) in [5, 5.41) is 0. The van der Waals surface area contributed by atoms with Crippen LogP contribution in [-0.4, -0.2) is 38.5 Å². The molecule has 5 aliphatic rings. The first kappa shape index (κ1) is 19.0. The number of hydrogen-bond acceptors (Lipinski definition) is 4. The van der Waals surface area contributed by atoms with Crippen LogP contribution in [0.5, 0.6) is 0 Å². The molecule has 0 aromatic heterocycles. The van der Waals surface area contributed by atoms with Gasteiger partial charge in [-0.2, -0.15) is 0 Å². The summed E-state index contributed by atoms with van der Waals surface area (Å²) in [6.45, 7) is 7.18. The fraction of sp³-hybridized carbons (Fsp3) is 0.792. The van der Waals surface area contributed by atoms with E-state index in [1.165, 1.54) is 31.3 Å². The van der Waals surface area contributed by atoms with Crippen molar-refractivity contribution < 1.29 is 19.0 Å². The molecule has 0 aromatic carbocycles. The van der Waals surface area contributed by atoms with E-state index in [-0.39, 0.29) is 29.7 Å². The van der Waals surface area contributed by atoms with Crippen LogP contribution in [0.1, 0.15) is 46.5 Å². The Morgan fingerprint density at radius 1 is 1.14 bits per heavy atom. The van der Waals surface area contributed by atoms with Crippen LogP contribution in [0.15, 0.2) is 23.8 Å². The Balaban J connectivity index is 1.46. The largest absolute Gasteiger partial charge is 0.360 e. The number of ether oxygens (including phenoxy) is 3. The Kier molecular flexibility index (Phi) is 4.25. The van der Waals surface area contributed by atoms with Gasteiger partial charge in [-0.3, -0.25) is 4.79 Å². The third kappa shape index (κ3) is 2.31. The second-order valence-corrected chi connectivity index (χ2v) is 10.3. The molecule has 0 amide bonds. The van der Waals surface area contributed by atoms with Crippen LogP contribution in [-0.2, 0) is 19.0 Å². The predicted molar refractivity (Wildman–Crippen MR) is 107 cm³/mol. The van der Waals surface area contributed by atoms with E-state index in [0.29, 0.717) is 35.0 Å². The fourth-order valence-electron chi connectivity index (χ4n) is 7.99. The van der Waals surface area contributed by atoms with Crippen molar-refractivity contribution in [2.75, 3.05) is 14.2 Å². The summed E-state index contributed by atoms with van der Waals surface area (Å²) in [6, 6.07) is 0. The van der Waals surface area contributed by atoms with E-state index < -0.39 is 0 Å².